The van der Waals surface area contributed by atoms with Crippen molar-refractivity contribution in [3.63, 3.8) is 0 Å². The number of hydrogen-bond acceptors (Lipinski definition) is 5. The Labute approximate surface area is 232 Å². The van der Waals surface area contributed by atoms with E-state index in [1.165, 1.54) is 12.0 Å². The normalized spacial score (nSPS) is 23.3. The lowest BCUT2D eigenvalue weighted by molar-refractivity contribution is -0.166. The summed E-state index contributed by atoms with van der Waals surface area (Å²) in [7, 11) is 0. The van der Waals surface area contributed by atoms with Crippen molar-refractivity contribution in [2.45, 2.75) is 103 Å². The number of aromatic nitrogens is 2. The molecule has 1 aromatic heterocycles. The lowest BCUT2D eigenvalue weighted by atomic mass is 9.78. The Morgan fingerprint density at radius 2 is 1.77 bits per heavy atom. The first-order valence-electron chi connectivity index (χ1n) is 15.0. The van der Waals surface area contributed by atoms with Gasteiger partial charge in [0.15, 0.2) is 0 Å². The Hall–Kier alpha value is -2.71. The maximum absolute atomic E-state index is 13.9. The highest BCUT2D eigenvalue weighted by atomic mass is 16.3. The molecule has 1 saturated carbocycles. The van der Waals surface area contributed by atoms with Crippen molar-refractivity contribution >= 4 is 11.8 Å². The smallest absolute Gasteiger partial charge is 0.248 e. The zero-order valence-corrected chi connectivity index (χ0v) is 23.9. The Kier molecular flexibility index (Phi) is 8.43. The van der Waals surface area contributed by atoms with E-state index >= 15 is 0 Å². The predicted molar refractivity (Wildman–Crippen MR) is 151 cm³/mol. The molecule has 0 radical (unpaired) electrons. The maximum atomic E-state index is 13.9. The maximum Gasteiger partial charge on any atom is 0.248 e. The Bertz CT molecular complexity index is 1150. The van der Waals surface area contributed by atoms with Gasteiger partial charge in [-0.15, -0.1) is 0 Å². The summed E-state index contributed by atoms with van der Waals surface area (Å²) in [4.78, 5) is 31.9. The lowest BCUT2D eigenvalue weighted by Gasteiger charge is -2.52. The van der Waals surface area contributed by atoms with Crippen LogP contribution in [-0.2, 0) is 16.1 Å². The monoisotopic (exact) mass is 535 g/mol. The highest BCUT2D eigenvalue weighted by Crippen LogP contribution is 2.36. The highest BCUT2D eigenvalue weighted by Gasteiger charge is 2.55. The van der Waals surface area contributed by atoms with Gasteiger partial charge in [-0.1, -0.05) is 50.8 Å². The van der Waals surface area contributed by atoms with E-state index in [0.717, 1.165) is 75.2 Å². The summed E-state index contributed by atoms with van der Waals surface area (Å²) in [5, 5.41) is 19.0. The first-order chi connectivity index (χ1) is 18.9. The van der Waals surface area contributed by atoms with Gasteiger partial charge in [0.1, 0.15) is 11.6 Å². The zero-order valence-electron chi connectivity index (χ0n) is 23.9. The molecule has 3 fully saturated rings. The van der Waals surface area contributed by atoms with Crippen LogP contribution in [0.5, 0.6) is 0 Å². The number of para-hydroxylation sites is 1. The highest BCUT2D eigenvalue weighted by molar-refractivity contribution is 6.00. The molecule has 212 valence electrons. The fourth-order valence-electron chi connectivity index (χ4n) is 6.98. The number of aliphatic hydroxyl groups is 1. The quantitative estimate of drug-likeness (QED) is 0.535. The van der Waals surface area contributed by atoms with E-state index in [1.807, 2.05) is 27.8 Å². The summed E-state index contributed by atoms with van der Waals surface area (Å²) in [5.74, 6) is -0.0902. The molecule has 2 aliphatic heterocycles. The number of carbonyl (C=O) groups is 2. The van der Waals surface area contributed by atoms with E-state index in [9.17, 15) is 14.7 Å². The average Bonchev–Trinajstić information content (AvgIpc) is 3.25. The number of unbranched alkanes of at least 4 members (excludes halogenated alkanes) is 1. The Morgan fingerprint density at radius 3 is 2.44 bits per heavy atom. The van der Waals surface area contributed by atoms with Gasteiger partial charge in [0.25, 0.3) is 0 Å². The van der Waals surface area contributed by atoms with Crippen LogP contribution in [0.2, 0.25) is 0 Å². The van der Waals surface area contributed by atoms with Crippen LogP contribution in [0.25, 0.3) is 5.69 Å². The summed E-state index contributed by atoms with van der Waals surface area (Å²) >= 11 is 0. The molecule has 8 nitrogen and oxygen atoms in total. The minimum absolute atomic E-state index is 0.0815. The molecule has 0 bridgehead atoms. The summed E-state index contributed by atoms with van der Waals surface area (Å²) in [6.07, 6.45) is 7.40. The van der Waals surface area contributed by atoms with Crippen molar-refractivity contribution in [1.82, 2.24) is 24.9 Å². The van der Waals surface area contributed by atoms with Crippen LogP contribution >= 0.6 is 0 Å². The van der Waals surface area contributed by atoms with E-state index in [0.29, 0.717) is 19.4 Å². The second kappa shape index (κ2) is 11.8. The largest absolute Gasteiger partial charge is 0.390 e. The van der Waals surface area contributed by atoms with Crippen LogP contribution in [0.3, 0.4) is 0 Å². The van der Waals surface area contributed by atoms with E-state index in [2.05, 4.69) is 43.1 Å². The van der Waals surface area contributed by atoms with E-state index in [1.54, 1.807) is 0 Å². The van der Waals surface area contributed by atoms with Gasteiger partial charge in [-0.05, 0) is 64.0 Å². The number of piperidine rings is 1. The first kappa shape index (κ1) is 27.8. The minimum Gasteiger partial charge on any atom is -0.390 e. The van der Waals surface area contributed by atoms with Crippen molar-refractivity contribution < 1.29 is 14.7 Å². The molecule has 8 heteroatoms. The Balaban J connectivity index is 1.30. The number of likely N-dealkylation sites (tertiary alicyclic amines) is 1. The van der Waals surface area contributed by atoms with Gasteiger partial charge in [-0.25, -0.2) is 4.68 Å². The molecule has 1 aliphatic carbocycles. The van der Waals surface area contributed by atoms with Gasteiger partial charge in [0.2, 0.25) is 11.8 Å². The number of carbonyl (C=O) groups excluding carboxylic acids is 2. The van der Waals surface area contributed by atoms with Crippen molar-refractivity contribution in [2.24, 2.45) is 5.92 Å². The van der Waals surface area contributed by atoms with Gasteiger partial charge in [-0.3, -0.25) is 14.5 Å². The van der Waals surface area contributed by atoms with E-state index < -0.39 is 17.7 Å². The third-order valence-electron chi connectivity index (χ3n) is 9.47. The number of piperazine rings is 1. The minimum atomic E-state index is -0.830. The van der Waals surface area contributed by atoms with Crippen molar-refractivity contribution in [2.75, 3.05) is 19.6 Å². The molecule has 2 amide bonds. The molecule has 2 aromatic rings. The summed E-state index contributed by atoms with van der Waals surface area (Å²) in [6, 6.07) is 9.36. The average molecular weight is 536 g/mol. The van der Waals surface area contributed by atoms with Crippen molar-refractivity contribution in [3.8, 4) is 5.69 Å². The first-order valence-corrected chi connectivity index (χ1v) is 15.0. The molecule has 2 atom stereocenters. The Morgan fingerprint density at radius 1 is 1.08 bits per heavy atom. The van der Waals surface area contributed by atoms with Crippen LogP contribution in [0.15, 0.2) is 30.3 Å². The molecule has 3 heterocycles. The number of aryl methyl sites for hydroxylation is 1. The standard InChI is InChI=1S/C31H45N5O3/c1-4-5-18-35-29(38)27(28(37)24-12-8-6-9-13-24)32-30(39)31(35)16-19-34(20-17-31)21-26-22(2)33-36(23(26)3)25-14-10-7-11-15-25/h7,10-11,14-15,24,27-28,37H,4-6,8-9,12-13,16-21H2,1-3H3,(H,32,39)/t27-,28+/m1/s1. The number of nitrogens with one attached hydrogen (secondary N) is 1. The number of benzene rings is 1. The van der Waals surface area contributed by atoms with E-state index in [-0.39, 0.29) is 17.7 Å². The van der Waals surface area contributed by atoms with Gasteiger partial charge < -0.3 is 15.3 Å². The zero-order chi connectivity index (χ0) is 27.6. The molecule has 2 saturated heterocycles. The second-order valence-electron chi connectivity index (χ2n) is 11.9. The number of nitrogens with zero attached hydrogens (tertiary/aromatic N) is 4. The second-order valence-corrected chi connectivity index (χ2v) is 11.9. The number of rotatable bonds is 8. The number of aliphatic hydroxyl groups excluding tert-OH is 1. The van der Waals surface area contributed by atoms with Crippen LogP contribution in [-0.4, -0.2) is 73.8 Å². The molecule has 2 N–H and O–H groups in total. The van der Waals surface area contributed by atoms with Gasteiger partial charge in [0, 0.05) is 37.4 Å². The summed E-state index contributed by atoms with van der Waals surface area (Å²) < 4.78 is 2.01. The summed E-state index contributed by atoms with van der Waals surface area (Å²) in [6.45, 7) is 9.09. The molecule has 1 spiro atoms. The molecule has 5 rings (SSSR count). The molecule has 39 heavy (non-hydrogen) atoms. The van der Waals surface area contributed by atoms with Crippen LogP contribution in [0, 0.1) is 19.8 Å². The fraction of sp³-hybridized carbons (Fsp3) is 0.645. The molecular weight excluding hydrogens is 490 g/mol. The van der Waals surface area contributed by atoms with Crippen molar-refractivity contribution in [3.05, 3.63) is 47.3 Å². The van der Waals surface area contributed by atoms with Gasteiger partial charge in [0.05, 0.1) is 17.5 Å². The topological polar surface area (TPSA) is 90.7 Å². The molecular formula is C31H45N5O3. The third-order valence-corrected chi connectivity index (χ3v) is 9.47. The number of amides is 2. The molecule has 3 aliphatic rings. The van der Waals surface area contributed by atoms with E-state index in [4.69, 9.17) is 5.10 Å². The van der Waals surface area contributed by atoms with Crippen molar-refractivity contribution in [1.29, 1.82) is 0 Å². The fourth-order valence-corrected chi connectivity index (χ4v) is 6.98. The predicted octanol–water partition coefficient (Wildman–Crippen LogP) is 3.89. The third kappa shape index (κ3) is 5.38. The van der Waals surface area contributed by atoms with Gasteiger partial charge >= 0.3 is 0 Å². The number of hydrogen-bond donors (Lipinski definition) is 2. The molecule has 1 aromatic carbocycles. The SMILES string of the molecule is CCCCN1C(=O)[C@@H]([C@@H](O)C2CCCCC2)NC(=O)C12CCN(Cc1c(C)nn(-c3ccccc3)c1C)CC2. The van der Waals surface area contributed by atoms with Crippen LogP contribution in [0.1, 0.15) is 81.7 Å². The lowest BCUT2D eigenvalue weighted by Crippen LogP contribution is -2.75. The summed E-state index contributed by atoms with van der Waals surface area (Å²) in [5.41, 5.74) is 3.59. The van der Waals surface area contributed by atoms with Crippen LogP contribution in [0.4, 0.5) is 0 Å². The van der Waals surface area contributed by atoms with Crippen LogP contribution < -0.4 is 5.32 Å². The molecule has 0 unspecified atom stereocenters. The van der Waals surface area contributed by atoms with Gasteiger partial charge in [-0.2, -0.15) is 5.10 Å².